The first kappa shape index (κ1) is 13.7. The van der Waals surface area contributed by atoms with Crippen molar-refractivity contribution in [2.24, 2.45) is 5.92 Å². The summed E-state index contributed by atoms with van der Waals surface area (Å²) in [7, 11) is 3.96. The maximum atomic E-state index is 4.61. The van der Waals surface area contributed by atoms with Gasteiger partial charge in [-0.25, -0.2) is 9.97 Å². The van der Waals surface area contributed by atoms with Gasteiger partial charge in [-0.3, -0.25) is 0 Å². The van der Waals surface area contributed by atoms with E-state index in [1.807, 2.05) is 13.1 Å². The second kappa shape index (κ2) is 5.84. The Morgan fingerprint density at radius 2 is 1.88 bits per heavy atom. The maximum absolute atomic E-state index is 4.61. The predicted molar refractivity (Wildman–Crippen MR) is 73.8 cm³/mol. The summed E-state index contributed by atoms with van der Waals surface area (Å²) in [5.41, 5.74) is 0. The smallest absolute Gasteiger partial charge is 0.135 e. The summed E-state index contributed by atoms with van der Waals surface area (Å²) in [6, 6.07) is 1.99. The largest absolute Gasteiger partial charge is 0.373 e. The van der Waals surface area contributed by atoms with Crippen molar-refractivity contribution in [3.05, 3.63) is 11.9 Å². The molecule has 1 aromatic rings. The van der Waals surface area contributed by atoms with Crippen molar-refractivity contribution in [1.29, 1.82) is 0 Å². The SMILES string of the molecule is CNc1cc(N(C)CC(C)C)nc(C(C)C)n1. The van der Waals surface area contributed by atoms with Crippen LogP contribution in [0.3, 0.4) is 0 Å². The first-order valence-corrected chi connectivity index (χ1v) is 6.22. The van der Waals surface area contributed by atoms with Gasteiger partial charge in [-0.05, 0) is 5.92 Å². The summed E-state index contributed by atoms with van der Waals surface area (Å²) in [5.74, 6) is 3.73. The fourth-order valence-corrected chi connectivity index (χ4v) is 1.68. The number of anilines is 2. The minimum absolute atomic E-state index is 0.342. The molecule has 4 nitrogen and oxygen atoms in total. The van der Waals surface area contributed by atoms with Gasteiger partial charge in [-0.15, -0.1) is 0 Å². The molecule has 0 aliphatic heterocycles. The minimum Gasteiger partial charge on any atom is -0.373 e. The number of nitrogens with zero attached hydrogens (tertiary/aromatic N) is 3. The van der Waals surface area contributed by atoms with Crippen LogP contribution in [0.2, 0.25) is 0 Å². The van der Waals surface area contributed by atoms with Gasteiger partial charge in [-0.1, -0.05) is 27.7 Å². The molecular formula is C13H24N4. The Bertz CT molecular complexity index is 360. The summed E-state index contributed by atoms with van der Waals surface area (Å²) >= 11 is 0. The molecule has 0 spiro atoms. The first-order chi connectivity index (χ1) is 7.93. The van der Waals surface area contributed by atoms with Crippen molar-refractivity contribution >= 4 is 11.6 Å². The molecule has 0 fully saturated rings. The van der Waals surface area contributed by atoms with Gasteiger partial charge in [0.15, 0.2) is 0 Å². The standard InChI is InChI=1S/C13H24N4/c1-9(2)8-17(6)12-7-11(14-5)15-13(16-12)10(3)4/h7,9-10H,8H2,1-6H3,(H,14,15,16). The summed E-state index contributed by atoms with van der Waals surface area (Å²) in [4.78, 5) is 11.3. The zero-order valence-corrected chi connectivity index (χ0v) is 11.8. The number of aromatic nitrogens is 2. The highest BCUT2D eigenvalue weighted by Gasteiger charge is 2.11. The van der Waals surface area contributed by atoms with Gasteiger partial charge in [0.25, 0.3) is 0 Å². The van der Waals surface area contributed by atoms with E-state index in [0.29, 0.717) is 11.8 Å². The van der Waals surface area contributed by atoms with Gasteiger partial charge in [0.2, 0.25) is 0 Å². The Morgan fingerprint density at radius 1 is 1.24 bits per heavy atom. The van der Waals surface area contributed by atoms with Crippen LogP contribution in [0.15, 0.2) is 6.07 Å². The molecule has 0 aliphatic carbocycles. The fraction of sp³-hybridized carbons (Fsp3) is 0.692. The second-order valence-electron chi connectivity index (χ2n) is 5.15. The summed E-state index contributed by atoms with van der Waals surface area (Å²) in [6.45, 7) is 9.64. The van der Waals surface area contributed by atoms with Crippen LogP contribution in [0, 0.1) is 5.92 Å². The van der Waals surface area contributed by atoms with Crippen molar-refractivity contribution in [3.8, 4) is 0 Å². The van der Waals surface area contributed by atoms with Crippen LogP contribution in [-0.4, -0.2) is 30.6 Å². The molecule has 0 atom stereocenters. The zero-order chi connectivity index (χ0) is 13.0. The first-order valence-electron chi connectivity index (χ1n) is 6.22. The molecule has 0 saturated carbocycles. The lowest BCUT2D eigenvalue weighted by Gasteiger charge is -2.22. The lowest BCUT2D eigenvalue weighted by molar-refractivity contribution is 0.631. The van der Waals surface area contributed by atoms with Gasteiger partial charge in [0, 0.05) is 32.6 Å². The van der Waals surface area contributed by atoms with Gasteiger partial charge in [0.1, 0.15) is 17.5 Å². The molecular weight excluding hydrogens is 212 g/mol. The number of rotatable bonds is 5. The van der Waals surface area contributed by atoms with Crippen LogP contribution in [0.25, 0.3) is 0 Å². The highest BCUT2D eigenvalue weighted by molar-refractivity contribution is 5.48. The third-order valence-corrected chi connectivity index (χ3v) is 2.53. The van der Waals surface area contributed by atoms with Gasteiger partial charge < -0.3 is 10.2 Å². The Hall–Kier alpha value is -1.32. The molecule has 0 aliphatic rings. The molecule has 0 saturated heterocycles. The normalized spacial score (nSPS) is 11.1. The average Bonchev–Trinajstić information content (AvgIpc) is 2.27. The van der Waals surface area contributed by atoms with Crippen LogP contribution < -0.4 is 10.2 Å². The molecule has 0 amide bonds. The van der Waals surface area contributed by atoms with Crippen LogP contribution >= 0.6 is 0 Å². The van der Waals surface area contributed by atoms with E-state index in [1.54, 1.807) is 0 Å². The van der Waals surface area contributed by atoms with E-state index in [1.165, 1.54) is 0 Å². The Morgan fingerprint density at radius 3 is 2.35 bits per heavy atom. The highest BCUT2D eigenvalue weighted by atomic mass is 15.2. The lowest BCUT2D eigenvalue weighted by Crippen LogP contribution is -2.24. The van der Waals surface area contributed by atoms with Crippen molar-refractivity contribution in [2.75, 3.05) is 30.9 Å². The van der Waals surface area contributed by atoms with Crippen LogP contribution in [-0.2, 0) is 0 Å². The highest BCUT2D eigenvalue weighted by Crippen LogP contribution is 2.19. The molecule has 0 radical (unpaired) electrons. The van der Waals surface area contributed by atoms with E-state index in [-0.39, 0.29) is 0 Å². The van der Waals surface area contributed by atoms with Crippen molar-refractivity contribution in [1.82, 2.24) is 9.97 Å². The molecule has 1 heterocycles. The average molecular weight is 236 g/mol. The van der Waals surface area contributed by atoms with E-state index in [0.717, 1.165) is 24.0 Å². The Labute approximate surface area is 104 Å². The number of hydrogen-bond donors (Lipinski definition) is 1. The number of hydrogen-bond acceptors (Lipinski definition) is 4. The topological polar surface area (TPSA) is 41.0 Å². The summed E-state index contributed by atoms with van der Waals surface area (Å²) in [5, 5.41) is 3.09. The molecule has 4 heteroatoms. The van der Waals surface area contributed by atoms with E-state index in [9.17, 15) is 0 Å². The molecule has 0 bridgehead atoms. The minimum atomic E-state index is 0.342. The quantitative estimate of drug-likeness (QED) is 0.853. The monoisotopic (exact) mass is 236 g/mol. The summed E-state index contributed by atoms with van der Waals surface area (Å²) < 4.78 is 0. The third kappa shape index (κ3) is 3.88. The fourth-order valence-electron chi connectivity index (χ4n) is 1.68. The predicted octanol–water partition coefficient (Wildman–Crippen LogP) is 2.73. The maximum Gasteiger partial charge on any atom is 0.135 e. The van der Waals surface area contributed by atoms with Crippen molar-refractivity contribution in [3.63, 3.8) is 0 Å². The number of nitrogens with one attached hydrogen (secondary N) is 1. The summed E-state index contributed by atoms with van der Waals surface area (Å²) in [6.07, 6.45) is 0. The Kier molecular flexibility index (Phi) is 4.73. The Balaban J connectivity index is 3.01. The van der Waals surface area contributed by atoms with Gasteiger partial charge >= 0.3 is 0 Å². The van der Waals surface area contributed by atoms with Crippen LogP contribution in [0.5, 0.6) is 0 Å². The van der Waals surface area contributed by atoms with Gasteiger partial charge in [0.05, 0.1) is 0 Å². The third-order valence-electron chi connectivity index (χ3n) is 2.53. The molecule has 1 N–H and O–H groups in total. The van der Waals surface area contributed by atoms with Crippen LogP contribution in [0.4, 0.5) is 11.6 Å². The van der Waals surface area contributed by atoms with E-state index in [4.69, 9.17) is 0 Å². The molecule has 17 heavy (non-hydrogen) atoms. The van der Waals surface area contributed by atoms with E-state index in [2.05, 4.69) is 54.9 Å². The van der Waals surface area contributed by atoms with Crippen LogP contribution in [0.1, 0.15) is 39.4 Å². The molecule has 96 valence electrons. The molecule has 0 unspecified atom stereocenters. The zero-order valence-electron chi connectivity index (χ0n) is 11.8. The molecule has 1 aromatic heterocycles. The van der Waals surface area contributed by atoms with Crippen molar-refractivity contribution in [2.45, 2.75) is 33.6 Å². The lowest BCUT2D eigenvalue weighted by atomic mass is 10.2. The molecule has 1 rings (SSSR count). The van der Waals surface area contributed by atoms with Gasteiger partial charge in [-0.2, -0.15) is 0 Å². The van der Waals surface area contributed by atoms with E-state index >= 15 is 0 Å². The molecule has 0 aromatic carbocycles. The second-order valence-corrected chi connectivity index (χ2v) is 5.15. The van der Waals surface area contributed by atoms with Crippen molar-refractivity contribution < 1.29 is 0 Å². The van der Waals surface area contributed by atoms with E-state index < -0.39 is 0 Å².